The summed E-state index contributed by atoms with van der Waals surface area (Å²) in [6.07, 6.45) is 7.16. The molecule has 3 N–H and O–H groups in total. The van der Waals surface area contributed by atoms with E-state index in [1.165, 1.54) is 0 Å². The maximum absolute atomic E-state index is 11.7. The number of hydrogen-bond acceptors (Lipinski definition) is 4. The number of rotatable bonds is 6. The smallest absolute Gasteiger partial charge is 0.306 e. The van der Waals surface area contributed by atoms with Gasteiger partial charge in [0.2, 0.25) is 0 Å². The van der Waals surface area contributed by atoms with Crippen LogP contribution in [0.4, 0.5) is 0 Å². The van der Waals surface area contributed by atoms with Crippen molar-refractivity contribution in [2.45, 2.75) is 104 Å². The molecule has 4 aliphatic rings. The Bertz CT molecular complexity index is 696. The summed E-state index contributed by atoms with van der Waals surface area (Å²) in [7, 11) is 0. The number of aliphatic hydroxyl groups excluding tert-OH is 2. The number of carboxylic acids is 1. The van der Waals surface area contributed by atoms with E-state index in [0.29, 0.717) is 42.6 Å². The van der Waals surface area contributed by atoms with Gasteiger partial charge in [0.25, 0.3) is 0 Å². The molecule has 0 aromatic rings. The first-order valence-corrected chi connectivity index (χ1v) is 13.2. The molecule has 0 aromatic heterocycles. The van der Waals surface area contributed by atoms with Gasteiger partial charge in [0.05, 0.1) is 24.2 Å². The Hall–Kier alpha value is -0.650. The van der Waals surface area contributed by atoms with Crippen molar-refractivity contribution in [1.82, 2.24) is 0 Å². The zero-order valence-corrected chi connectivity index (χ0v) is 20.8. The largest absolute Gasteiger partial charge is 0.481 e. The van der Waals surface area contributed by atoms with E-state index in [4.69, 9.17) is 4.74 Å². The average Bonchev–Trinajstić information content (AvgIpc) is 3.08. The molecule has 0 heterocycles. The lowest BCUT2D eigenvalue weighted by atomic mass is 9.43. The van der Waals surface area contributed by atoms with Crippen LogP contribution in [0.15, 0.2) is 0 Å². The van der Waals surface area contributed by atoms with E-state index in [2.05, 4.69) is 27.7 Å². The molecule has 0 amide bonds. The van der Waals surface area contributed by atoms with Gasteiger partial charge in [-0.05, 0) is 105 Å². The normalized spacial score (nSPS) is 50.1. The topological polar surface area (TPSA) is 87.0 Å². The number of carbonyl (C=O) groups is 1. The predicted molar refractivity (Wildman–Crippen MR) is 124 cm³/mol. The first-order valence-electron chi connectivity index (χ1n) is 13.2. The predicted octanol–water partition coefficient (Wildman–Crippen LogP) is 4.74. The Morgan fingerprint density at radius 3 is 2.44 bits per heavy atom. The average molecular weight is 451 g/mol. The van der Waals surface area contributed by atoms with Crippen LogP contribution in [0.2, 0.25) is 0 Å². The summed E-state index contributed by atoms with van der Waals surface area (Å²) in [4.78, 5) is 11.5. The van der Waals surface area contributed by atoms with Gasteiger partial charge in [0.1, 0.15) is 0 Å². The van der Waals surface area contributed by atoms with Crippen molar-refractivity contribution in [1.29, 1.82) is 0 Å². The Kier molecular flexibility index (Phi) is 6.77. The van der Waals surface area contributed by atoms with Crippen molar-refractivity contribution in [3.63, 3.8) is 0 Å². The van der Waals surface area contributed by atoms with Crippen LogP contribution in [-0.4, -0.2) is 46.2 Å². The quantitative estimate of drug-likeness (QED) is 0.544. The standard InChI is InChI=1S/C27H46O5/c1-6-32-22-13-17-12-18(28)9-10-26(17,4)21-14-23(29)27(5)19(7-8-20(27)24(21)22)15(2)11-16(3)25(30)31/h15-24,28-29H,6-14H2,1-5H3,(H,30,31). The Morgan fingerprint density at radius 1 is 1.06 bits per heavy atom. The lowest BCUT2D eigenvalue weighted by Crippen LogP contribution is -2.62. The Morgan fingerprint density at radius 2 is 1.78 bits per heavy atom. The van der Waals surface area contributed by atoms with Gasteiger partial charge in [-0.15, -0.1) is 0 Å². The molecule has 0 radical (unpaired) electrons. The van der Waals surface area contributed by atoms with Crippen LogP contribution < -0.4 is 0 Å². The first kappa shape index (κ1) is 24.5. The number of carboxylic acid groups (broad SMARTS) is 1. The highest BCUT2D eigenvalue weighted by Gasteiger charge is 2.66. The number of ether oxygens (including phenoxy) is 1. The monoisotopic (exact) mass is 450 g/mol. The number of fused-ring (bicyclic) bond motifs is 5. The lowest BCUT2D eigenvalue weighted by molar-refractivity contribution is -0.216. The van der Waals surface area contributed by atoms with Gasteiger partial charge >= 0.3 is 5.97 Å². The molecule has 0 aliphatic heterocycles. The third-order valence-electron chi connectivity index (χ3n) is 11.0. The van der Waals surface area contributed by atoms with Crippen molar-refractivity contribution in [3.8, 4) is 0 Å². The number of aliphatic hydroxyl groups is 2. The Labute approximate surface area is 194 Å². The van der Waals surface area contributed by atoms with Gasteiger partial charge in [0.15, 0.2) is 0 Å². The van der Waals surface area contributed by atoms with Gasteiger partial charge in [-0.2, -0.15) is 0 Å². The Balaban J connectivity index is 1.64. The number of aliphatic carboxylic acids is 1. The van der Waals surface area contributed by atoms with Crippen LogP contribution in [0, 0.1) is 52.3 Å². The molecule has 0 bridgehead atoms. The summed E-state index contributed by atoms with van der Waals surface area (Å²) in [5, 5.41) is 31.5. The van der Waals surface area contributed by atoms with E-state index in [1.54, 1.807) is 0 Å². The van der Waals surface area contributed by atoms with Gasteiger partial charge in [-0.25, -0.2) is 0 Å². The van der Waals surface area contributed by atoms with E-state index in [1.807, 2.05) is 6.92 Å². The zero-order chi connectivity index (χ0) is 23.4. The van der Waals surface area contributed by atoms with Crippen LogP contribution in [0.1, 0.15) is 86.0 Å². The maximum Gasteiger partial charge on any atom is 0.306 e. The molecule has 5 heteroatoms. The molecule has 12 atom stereocenters. The zero-order valence-electron chi connectivity index (χ0n) is 20.8. The van der Waals surface area contributed by atoms with Crippen LogP contribution in [0.3, 0.4) is 0 Å². The van der Waals surface area contributed by atoms with Crippen LogP contribution in [0.5, 0.6) is 0 Å². The van der Waals surface area contributed by atoms with E-state index in [9.17, 15) is 20.1 Å². The summed E-state index contributed by atoms with van der Waals surface area (Å²) in [5.74, 6) is 1.34. The summed E-state index contributed by atoms with van der Waals surface area (Å²) in [6.45, 7) is 11.6. The molecule has 4 saturated carbocycles. The minimum absolute atomic E-state index is 0.168. The molecule has 12 unspecified atom stereocenters. The molecule has 0 spiro atoms. The van der Waals surface area contributed by atoms with Crippen molar-refractivity contribution >= 4 is 5.97 Å². The van der Waals surface area contributed by atoms with Gasteiger partial charge in [-0.3, -0.25) is 4.79 Å². The fourth-order valence-corrected chi connectivity index (χ4v) is 9.32. The molecule has 32 heavy (non-hydrogen) atoms. The second-order valence-electron chi connectivity index (χ2n) is 12.4. The number of hydrogen-bond donors (Lipinski definition) is 3. The molecule has 0 aromatic carbocycles. The highest BCUT2D eigenvalue weighted by atomic mass is 16.5. The van der Waals surface area contributed by atoms with E-state index in [-0.39, 0.29) is 41.0 Å². The summed E-state index contributed by atoms with van der Waals surface area (Å²) < 4.78 is 6.42. The minimum Gasteiger partial charge on any atom is -0.481 e. The third-order valence-corrected chi connectivity index (χ3v) is 11.0. The van der Waals surface area contributed by atoms with Crippen molar-refractivity contribution in [2.75, 3.05) is 6.61 Å². The second kappa shape index (κ2) is 8.85. The van der Waals surface area contributed by atoms with Gasteiger partial charge in [-0.1, -0.05) is 27.7 Å². The SMILES string of the molecule is CCOC1CC2CC(O)CCC2(C)C2CC(O)C3(C)C(C(C)CC(C)C(=O)O)CCC3C12. The maximum atomic E-state index is 11.7. The molecule has 4 rings (SSSR count). The summed E-state index contributed by atoms with van der Waals surface area (Å²) in [5.41, 5.74) is -0.00708. The fourth-order valence-electron chi connectivity index (χ4n) is 9.32. The van der Waals surface area contributed by atoms with Crippen molar-refractivity contribution < 1.29 is 24.9 Å². The highest BCUT2D eigenvalue weighted by Crippen LogP contribution is 2.68. The first-order chi connectivity index (χ1) is 15.0. The van der Waals surface area contributed by atoms with Crippen LogP contribution in [-0.2, 0) is 9.53 Å². The second-order valence-corrected chi connectivity index (χ2v) is 12.4. The molecular formula is C27H46O5. The van der Waals surface area contributed by atoms with Crippen LogP contribution >= 0.6 is 0 Å². The van der Waals surface area contributed by atoms with E-state index in [0.717, 1.165) is 44.9 Å². The van der Waals surface area contributed by atoms with Crippen molar-refractivity contribution in [2.24, 2.45) is 52.3 Å². The van der Waals surface area contributed by atoms with Gasteiger partial charge < -0.3 is 20.1 Å². The minimum atomic E-state index is -0.719. The molecule has 4 aliphatic carbocycles. The van der Waals surface area contributed by atoms with Crippen LogP contribution in [0.25, 0.3) is 0 Å². The van der Waals surface area contributed by atoms with E-state index >= 15 is 0 Å². The van der Waals surface area contributed by atoms with Gasteiger partial charge in [0, 0.05) is 6.61 Å². The van der Waals surface area contributed by atoms with Crippen molar-refractivity contribution in [3.05, 3.63) is 0 Å². The van der Waals surface area contributed by atoms with E-state index < -0.39 is 5.97 Å². The summed E-state index contributed by atoms with van der Waals surface area (Å²) in [6, 6.07) is 0. The fraction of sp³-hybridized carbons (Fsp3) is 0.963. The molecule has 184 valence electrons. The molecule has 4 fully saturated rings. The molecule has 0 saturated heterocycles. The third kappa shape index (κ3) is 3.75. The molecule has 5 nitrogen and oxygen atoms in total. The molecular weight excluding hydrogens is 404 g/mol. The summed E-state index contributed by atoms with van der Waals surface area (Å²) >= 11 is 0. The highest BCUT2D eigenvalue weighted by molar-refractivity contribution is 5.69. The lowest BCUT2D eigenvalue weighted by Gasteiger charge is -2.64.